The quantitative estimate of drug-likeness (QED) is 0.806. The zero-order chi connectivity index (χ0) is 15.4. The van der Waals surface area contributed by atoms with Gasteiger partial charge in [0, 0.05) is 18.7 Å². The third kappa shape index (κ3) is 3.83. The Bertz CT molecular complexity index is 578. The molecule has 1 fully saturated rings. The van der Waals surface area contributed by atoms with E-state index in [1.165, 1.54) is 18.2 Å². The Labute approximate surface area is 124 Å². The van der Waals surface area contributed by atoms with Crippen LogP contribution < -0.4 is 0 Å². The summed E-state index contributed by atoms with van der Waals surface area (Å²) in [5.74, 6) is 5.25. The number of carbonyl (C=O) groups is 1. The first-order valence-corrected chi connectivity index (χ1v) is 7.19. The maximum atomic E-state index is 13.9. The highest BCUT2D eigenvalue weighted by molar-refractivity contribution is 5.95. The lowest BCUT2D eigenvalue weighted by atomic mass is 9.91. The minimum atomic E-state index is -0.527. The number of nitrogens with zero attached hydrogens (tertiary/aromatic N) is 1. The maximum absolute atomic E-state index is 13.9. The van der Waals surface area contributed by atoms with Gasteiger partial charge in [-0.05, 0) is 36.5 Å². The summed E-state index contributed by atoms with van der Waals surface area (Å²) in [6.07, 6.45) is 1.09. The number of hydrogen-bond acceptors (Lipinski definition) is 2. The molecular weight excluding hydrogens is 269 g/mol. The van der Waals surface area contributed by atoms with Crippen molar-refractivity contribution >= 4 is 5.91 Å². The number of piperidine rings is 1. The van der Waals surface area contributed by atoms with Gasteiger partial charge in [0.15, 0.2) is 0 Å². The predicted molar refractivity (Wildman–Crippen MR) is 79.2 cm³/mol. The SMILES string of the molecule is CC1CC(C)CN(C(=O)c2cc(C#CCO)ccc2F)C1. The largest absolute Gasteiger partial charge is 0.384 e. The molecule has 0 radical (unpaired) electrons. The molecular formula is C17H20FNO2. The third-order valence-corrected chi connectivity index (χ3v) is 3.66. The van der Waals surface area contributed by atoms with Crippen LogP contribution in [0.2, 0.25) is 0 Å². The van der Waals surface area contributed by atoms with E-state index in [2.05, 4.69) is 25.7 Å². The van der Waals surface area contributed by atoms with Crippen molar-refractivity contribution in [1.29, 1.82) is 0 Å². The lowest BCUT2D eigenvalue weighted by molar-refractivity contribution is 0.0618. The summed E-state index contributed by atoms with van der Waals surface area (Å²) in [5, 5.41) is 8.70. The highest BCUT2D eigenvalue weighted by atomic mass is 19.1. The molecule has 0 bridgehead atoms. The number of amides is 1. The summed E-state index contributed by atoms with van der Waals surface area (Å²) in [7, 11) is 0. The van der Waals surface area contributed by atoms with Crippen molar-refractivity contribution in [2.24, 2.45) is 11.8 Å². The molecule has 4 heteroatoms. The van der Waals surface area contributed by atoms with Crippen molar-refractivity contribution in [3.63, 3.8) is 0 Å². The maximum Gasteiger partial charge on any atom is 0.256 e. The minimum Gasteiger partial charge on any atom is -0.384 e. The molecule has 1 aromatic rings. The average molecular weight is 289 g/mol. The number of hydrogen-bond donors (Lipinski definition) is 1. The summed E-state index contributed by atoms with van der Waals surface area (Å²) >= 11 is 0. The van der Waals surface area contributed by atoms with E-state index in [4.69, 9.17) is 5.11 Å². The Hall–Kier alpha value is -1.86. The van der Waals surface area contributed by atoms with Crippen LogP contribution in [0.4, 0.5) is 4.39 Å². The lowest BCUT2D eigenvalue weighted by Crippen LogP contribution is -2.42. The van der Waals surface area contributed by atoms with Gasteiger partial charge >= 0.3 is 0 Å². The van der Waals surface area contributed by atoms with Gasteiger partial charge in [0.25, 0.3) is 5.91 Å². The standard InChI is InChI=1S/C17H20FNO2/c1-12-8-13(2)11-19(10-12)17(21)15-9-14(4-3-7-20)5-6-16(15)18/h5-6,9,12-13,20H,7-8,10-11H2,1-2H3. The Kier molecular flexibility index (Phi) is 4.98. The Morgan fingerprint density at radius 2 is 2.05 bits per heavy atom. The van der Waals surface area contributed by atoms with Crippen LogP contribution >= 0.6 is 0 Å². The van der Waals surface area contributed by atoms with E-state index in [1.807, 2.05) is 0 Å². The second kappa shape index (κ2) is 6.73. The van der Waals surface area contributed by atoms with Crippen LogP contribution in [0.1, 0.15) is 36.2 Å². The summed E-state index contributed by atoms with van der Waals surface area (Å²) in [4.78, 5) is 14.2. The van der Waals surface area contributed by atoms with Crippen LogP contribution in [-0.2, 0) is 0 Å². The van der Waals surface area contributed by atoms with Crippen molar-refractivity contribution in [2.75, 3.05) is 19.7 Å². The van der Waals surface area contributed by atoms with E-state index in [0.717, 1.165) is 6.42 Å². The van der Waals surface area contributed by atoms with E-state index in [0.29, 0.717) is 30.5 Å². The first-order valence-electron chi connectivity index (χ1n) is 7.19. The van der Waals surface area contributed by atoms with Gasteiger partial charge in [-0.1, -0.05) is 25.7 Å². The van der Waals surface area contributed by atoms with Crippen molar-refractivity contribution in [3.8, 4) is 11.8 Å². The molecule has 2 unspecified atom stereocenters. The number of aliphatic hydroxyl groups excluding tert-OH is 1. The molecule has 21 heavy (non-hydrogen) atoms. The number of halogens is 1. The number of benzene rings is 1. The molecule has 1 saturated heterocycles. The second-order valence-electron chi connectivity index (χ2n) is 5.81. The van der Waals surface area contributed by atoms with Crippen molar-refractivity contribution in [2.45, 2.75) is 20.3 Å². The predicted octanol–water partition coefficient (Wildman–Crippen LogP) is 2.29. The molecule has 0 saturated carbocycles. The van der Waals surface area contributed by atoms with Gasteiger partial charge in [0.2, 0.25) is 0 Å². The molecule has 0 spiro atoms. The smallest absolute Gasteiger partial charge is 0.256 e. The van der Waals surface area contributed by atoms with Crippen LogP contribution in [0.15, 0.2) is 18.2 Å². The second-order valence-corrected chi connectivity index (χ2v) is 5.81. The van der Waals surface area contributed by atoms with E-state index in [-0.39, 0.29) is 18.1 Å². The molecule has 1 amide bonds. The van der Waals surface area contributed by atoms with Gasteiger partial charge in [-0.2, -0.15) is 0 Å². The fourth-order valence-electron chi connectivity index (χ4n) is 2.91. The monoisotopic (exact) mass is 289 g/mol. The topological polar surface area (TPSA) is 40.5 Å². The molecule has 3 nitrogen and oxygen atoms in total. The van der Waals surface area contributed by atoms with Crippen LogP contribution in [0, 0.1) is 29.5 Å². The van der Waals surface area contributed by atoms with Crippen LogP contribution in [0.5, 0.6) is 0 Å². The minimum absolute atomic E-state index is 0.0565. The van der Waals surface area contributed by atoms with Gasteiger partial charge in [0.1, 0.15) is 12.4 Å². The highest BCUT2D eigenvalue weighted by Gasteiger charge is 2.27. The van der Waals surface area contributed by atoms with Crippen LogP contribution in [0.3, 0.4) is 0 Å². The molecule has 1 aromatic carbocycles. The van der Waals surface area contributed by atoms with E-state index >= 15 is 0 Å². The Morgan fingerprint density at radius 1 is 1.38 bits per heavy atom. The normalized spacial score (nSPS) is 21.6. The van der Waals surface area contributed by atoms with Gasteiger partial charge in [-0.3, -0.25) is 4.79 Å². The third-order valence-electron chi connectivity index (χ3n) is 3.66. The van der Waals surface area contributed by atoms with Crippen molar-refractivity contribution < 1.29 is 14.3 Å². The Balaban J connectivity index is 2.25. The Morgan fingerprint density at radius 3 is 2.67 bits per heavy atom. The van der Waals surface area contributed by atoms with Gasteiger partial charge < -0.3 is 10.0 Å². The van der Waals surface area contributed by atoms with Crippen molar-refractivity contribution in [1.82, 2.24) is 4.90 Å². The zero-order valence-electron chi connectivity index (χ0n) is 12.4. The fraction of sp³-hybridized carbons (Fsp3) is 0.471. The molecule has 112 valence electrons. The molecule has 2 rings (SSSR count). The number of aliphatic hydroxyl groups is 1. The van der Waals surface area contributed by atoms with Gasteiger partial charge in [-0.15, -0.1) is 0 Å². The molecule has 0 aromatic heterocycles. The average Bonchev–Trinajstić information content (AvgIpc) is 2.44. The van der Waals surface area contributed by atoms with Crippen molar-refractivity contribution in [3.05, 3.63) is 35.1 Å². The molecule has 0 aliphatic carbocycles. The molecule has 1 heterocycles. The highest BCUT2D eigenvalue weighted by Crippen LogP contribution is 2.23. The number of rotatable bonds is 1. The lowest BCUT2D eigenvalue weighted by Gasteiger charge is -2.35. The fourth-order valence-corrected chi connectivity index (χ4v) is 2.91. The molecule has 1 aliphatic heterocycles. The van der Waals surface area contributed by atoms with Crippen LogP contribution in [-0.4, -0.2) is 35.6 Å². The summed E-state index contributed by atoms with van der Waals surface area (Å²) in [6.45, 7) is 5.27. The summed E-state index contributed by atoms with van der Waals surface area (Å²) < 4.78 is 13.9. The summed E-state index contributed by atoms with van der Waals surface area (Å²) in [5.41, 5.74) is 0.591. The molecule has 2 atom stereocenters. The zero-order valence-corrected chi connectivity index (χ0v) is 12.4. The van der Waals surface area contributed by atoms with Crippen LogP contribution in [0.25, 0.3) is 0 Å². The van der Waals surface area contributed by atoms with Gasteiger partial charge in [0.05, 0.1) is 5.56 Å². The van der Waals surface area contributed by atoms with E-state index < -0.39 is 5.82 Å². The first-order chi connectivity index (χ1) is 10.0. The molecule has 1 aliphatic rings. The number of likely N-dealkylation sites (tertiary alicyclic amines) is 1. The number of carbonyl (C=O) groups excluding carboxylic acids is 1. The summed E-state index contributed by atoms with van der Waals surface area (Å²) in [6, 6.07) is 4.23. The molecule has 1 N–H and O–H groups in total. The van der Waals surface area contributed by atoms with E-state index in [9.17, 15) is 9.18 Å². The van der Waals surface area contributed by atoms with E-state index in [1.54, 1.807) is 4.90 Å². The van der Waals surface area contributed by atoms with Gasteiger partial charge in [-0.25, -0.2) is 4.39 Å². The first kappa shape index (κ1) is 15.5.